The monoisotopic (exact) mass is 293 g/mol. The Hall–Kier alpha value is -0.130. The van der Waals surface area contributed by atoms with Crippen LogP contribution in [0.5, 0.6) is 0 Å². The molecule has 0 amide bonds. The smallest absolute Gasteiger partial charge is 0.258 e. The number of unbranched alkanes of at least 4 members (excludes halogenated alkanes) is 11. The second-order valence-electron chi connectivity index (χ2n) is 5.22. The van der Waals surface area contributed by atoms with Crippen LogP contribution in [-0.4, -0.2) is 14.2 Å². The minimum atomic E-state index is -3.79. The molecule has 0 aliphatic carbocycles. The van der Waals surface area contributed by atoms with Crippen molar-refractivity contribution in [2.24, 2.45) is 0 Å². The molecule has 0 aromatic rings. The van der Waals surface area contributed by atoms with Crippen LogP contribution in [0.25, 0.3) is 0 Å². The Labute approximate surface area is 118 Å². The first-order valence-electron chi connectivity index (χ1n) is 7.66. The fourth-order valence-corrected chi connectivity index (χ4v) is 2.78. The summed E-state index contributed by atoms with van der Waals surface area (Å²) in [6, 6.07) is 0. The van der Waals surface area contributed by atoms with Crippen molar-refractivity contribution in [3.8, 4) is 0 Å². The molecular weight excluding hydrogens is 264 g/mol. The third kappa shape index (κ3) is 14.1. The normalized spacial score (nSPS) is 11.9. The van der Waals surface area contributed by atoms with Crippen LogP contribution in [0.1, 0.15) is 84.0 Å². The molecule has 19 heavy (non-hydrogen) atoms. The van der Waals surface area contributed by atoms with Crippen LogP contribution in [0.2, 0.25) is 0 Å². The molecule has 0 radical (unpaired) electrons. The topological polar surface area (TPSA) is 66.4 Å². The van der Waals surface area contributed by atoms with Crippen LogP contribution in [0, 0.1) is 0 Å². The van der Waals surface area contributed by atoms with Gasteiger partial charge in [-0.1, -0.05) is 77.6 Å². The molecular formula is C14H29O4S-. The van der Waals surface area contributed by atoms with E-state index in [0.29, 0.717) is 6.42 Å². The Balaban J connectivity index is 3.11. The lowest BCUT2D eigenvalue weighted by molar-refractivity contribution is -0.634. The van der Waals surface area contributed by atoms with E-state index >= 15 is 0 Å². The minimum Gasteiger partial charge on any atom is -0.707 e. The summed E-state index contributed by atoms with van der Waals surface area (Å²) < 4.78 is 24.7. The molecule has 0 bridgehead atoms. The molecule has 4 nitrogen and oxygen atoms in total. The zero-order chi connectivity index (χ0) is 14.4. The van der Waals surface area contributed by atoms with Gasteiger partial charge in [-0.15, -0.1) is 0 Å². The Kier molecular flexibility index (Phi) is 12.8. The summed E-state index contributed by atoms with van der Waals surface area (Å²) in [7, 11) is -3.79. The van der Waals surface area contributed by atoms with Gasteiger partial charge in [0.05, 0.1) is 5.75 Å². The molecule has 0 heterocycles. The van der Waals surface area contributed by atoms with Gasteiger partial charge < -0.3 is 9.59 Å². The molecule has 0 rings (SSSR count). The van der Waals surface area contributed by atoms with Gasteiger partial charge in [0, 0.05) is 0 Å². The fourth-order valence-electron chi connectivity index (χ4n) is 2.15. The molecule has 0 aliphatic rings. The van der Waals surface area contributed by atoms with Crippen molar-refractivity contribution in [3.63, 3.8) is 0 Å². The summed E-state index contributed by atoms with van der Waals surface area (Å²) in [5.74, 6) is -0.145. The van der Waals surface area contributed by atoms with E-state index in [9.17, 15) is 13.7 Å². The summed E-state index contributed by atoms with van der Waals surface area (Å²) in [6.45, 7) is 2.23. The van der Waals surface area contributed by atoms with Gasteiger partial charge in [0.1, 0.15) is 0 Å². The SMILES string of the molecule is CCCCCCCCCCCCCCS(=O)(=O)O[O-]. The second-order valence-corrected chi connectivity index (χ2v) is 6.88. The molecule has 0 aromatic heterocycles. The van der Waals surface area contributed by atoms with E-state index in [4.69, 9.17) is 0 Å². The largest absolute Gasteiger partial charge is 0.707 e. The average Bonchev–Trinajstić information content (AvgIpc) is 2.40. The fraction of sp³-hybridized carbons (Fsp3) is 1.00. The van der Waals surface area contributed by atoms with E-state index in [-0.39, 0.29) is 5.75 Å². The van der Waals surface area contributed by atoms with Crippen molar-refractivity contribution >= 4 is 10.1 Å². The van der Waals surface area contributed by atoms with Crippen LogP contribution >= 0.6 is 0 Å². The zero-order valence-electron chi connectivity index (χ0n) is 12.2. The highest BCUT2D eigenvalue weighted by Gasteiger charge is 2.04. The van der Waals surface area contributed by atoms with Gasteiger partial charge in [-0.25, -0.2) is 8.42 Å². The van der Waals surface area contributed by atoms with Gasteiger partial charge in [-0.2, -0.15) is 0 Å². The minimum absolute atomic E-state index is 0.145. The summed E-state index contributed by atoms with van der Waals surface area (Å²) >= 11 is 0. The lowest BCUT2D eigenvalue weighted by atomic mass is 10.1. The molecule has 0 aliphatic heterocycles. The number of rotatable bonds is 14. The van der Waals surface area contributed by atoms with E-state index < -0.39 is 10.1 Å². The summed E-state index contributed by atoms with van der Waals surface area (Å²) in [5, 5.41) is 9.80. The van der Waals surface area contributed by atoms with E-state index in [1.807, 2.05) is 0 Å². The second kappa shape index (κ2) is 12.9. The van der Waals surface area contributed by atoms with Crippen molar-refractivity contribution in [2.75, 3.05) is 5.75 Å². The summed E-state index contributed by atoms with van der Waals surface area (Å²) in [4.78, 5) is 0. The highest BCUT2D eigenvalue weighted by Crippen LogP contribution is 2.12. The first kappa shape index (κ1) is 18.9. The molecule has 0 aromatic carbocycles. The number of hydrogen-bond donors (Lipinski definition) is 0. The van der Waals surface area contributed by atoms with Crippen molar-refractivity contribution < 1.29 is 18.0 Å². The Morgan fingerprint density at radius 1 is 0.737 bits per heavy atom. The molecule has 0 saturated heterocycles. The third-order valence-corrected chi connectivity index (χ3v) is 4.35. The Bertz CT molecular complexity index is 275. The maximum atomic E-state index is 10.7. The van der Waals surface area contributed by atoms with E-state index in [2.05, 4.69) is 11.3 Å². The zero-order valence-corrected chi connectivity index (χ0v) is 13.1. The molecule has 0 saturated carbocycles. The standard InChI is InChI=1S/C14H30O4S/c1-2-3-4-5-6-7-8-9-10-11-12-13-14-19(16,17)18-15/h15H,2-14H2,1H3/p-1. The molecule has 0 unspecified atom stereocenters. The lowest BCUT2D eigenvalue weighted by Gasteiger charge is -2.07. The first-order chi connectivity index (χ1) is 9.12. The maximum Gasteiger partial charge on any atom is 0.258 e. The van der Waals surface area contributed by atoms with E-state index in [1.54, 1.807) is 0 Å². The molecule has 0 N–H and O–H groups in total. The van der Waals surface area contributed by atoms with Gasteiger partial charge in [0.2, 0.25) is 0 Å². The maximum absolute atomic E-state index is 10.7. The number of hydrogen-bond acceptors (Lipinski definition) is 4. The summed E-state index contributed by atoms with van der Waals surface area (Å²) in [5.41, 5.74) is 0. The predicted molar refractivity (Wildman–Crippen MR) is 75.9 cm³/mol. The van der Waals surface area contributed by atoms with Gasteiger partial charge in [-0.3, -0.25) is 0 Å². The summed E-state index contributed by atoms with van der Waals surface area (Å²) in [6.07, 6.45) is 14.2. The average molecular weight is 293 g/mol. The molecule has 5 heteroatoms. The third-order valence-electron chi connectivity index (χ3n) is 3.35. The van der Waals surface area contributed by atoms with Crippen molar-refractivity contribution in [1.29, 1.82) is 0 Å². The van der Waals surface area contributed by atoms with Crippen molar-refractivity contribution in [2.45, 2.75) is 84.0 Å². The Morgan fingerprint density at radius 2 is 1.11 bits per heavy atom. The van der Waals surface area contributed by atoms with Crippen LogP contribution in [-0.2, 0) is 14.5 Å². The highest BCUT2D eigenvalue weighted by atomic mass is 32.2. The quantitative estimate of drug-likeness (QED) is 0.280. The van der Waals surface area contributed by atoms with E-state index in [1.165, 1.54) is 51.4 Å². The molecule has 0 fully saturated rings. The lowest BCUT2D eigenvalue weighted by Crippen LogP contribution is -2.17. The first-order valence-corrected chi connectivity index (χ1v) is 9.24. The van der Waals surface area contributed by atoms with Gasteiger partial charge in [0.15, 0.2) is 0 Å². The van der Waals surface area contributed by atoms with Crippen LogP contribution < -0.4 is 5.26 Å². The van der Waals surface area contributed by atoms with E-state index in [0.717, 1.165) is 19.3 Å². The van der Waals surface area contributed by atoms with Crippen LogP contribution in [0.3, 0.4) is 0 Å². The van der Waals surface area contributed by atoms with Gasteiger partial charge in [-0.05, 0) is 6.42 Å². The van der Waals surface area contributed by atoms with Crippen molar-refractivity contribution in [1.82, 2.24) is 0 Å². The molecule has 0 spiro atoms. The van der Waals surface area contributed by atoms with Crippen LogP contribution in [0.15, 0.2) is 0 Å². The van der Waals surface area contributed by atoms with Gasteiger partial charge in [0.25, 0.3) is 10.1 Å². The van der Waals surface area contributed by atoms with Gasteiger partial charge >= 0.3 is 0 Å². The predicted octanol–water partition coefficient (Wildman–Crippen LogP) is 3.31. The Morgan fingerprint density at radius 3 is 1.47 bits per heavy atom. The molecule has 116 valence electrons. The highest BCUT2D eigenvalue weighted by molar-refractivity contribution is 7.86. The van der Waals surface area contributed by atoms with Crippen molar-refractivity contribution in [3.05, 3.63) is 0 Å². The van der Waals surface area contributed by atoms with Crippen LogP contribution in [0.4, 0.5) is 0 Å². The molecule has 0 atom stereocenters.